The standard InChI is InChI=1S/C15H12N2O4/c18-10-2-1-3-11(19)14(10)15-16-8-6-12-13(7-9(8)17-15)21-5-4-20-12/h1-3,6-7,18-19H,4-5H2,(H,16,17). The van der Waals surface area contributed by atoms with Gasteiger partial charge in [0.1, 0.15) is 36.1 Å². The Morgan fingerprint density at radius 2 is 1.67 bits per heavy atom. The second-order valence-corrected chi connectivity index (χ2v) is 4.77. The number of ether oxygens (including phenoxy) is 2. The third-order valence-corrected chi connectivity index (χ3v) is 3.40. The van der Waals surface area contributed by atoms with Gasteiger partial charge in [-0.3, -0.25) is 0 Å². The summed E-state index contributed by atoms with van der Waals surface area (Å²) in [6, 6.07) is 8.15. The van der Waals surface area contributed by atoms with Crippen LogP contribution < -0.4 is 9.47 Å². The molecule has 0 saturated heterocycles. The van der Waals surface area contributed by atoms with Gasteiger partial charge in [0.15, 0.2) is 11.5 Å². The minimum absolute atomic E-state index is 0.0358. The van der Waals surface area contributed by atoms with Crippen molar-refractivity contribution in [2.75, 3.05) is 13.2 Å². The van der Waals surface area contributed by atoms with E-state index in [2.05, 4.69) is 9.97 Å². The topological polar surface area (TPSA) is 87.6 Å². The zero-order chi connectivity index (χ0) is 14.4. The van der Waals surface area contributed by atoms with E-state index in [1.165, 1.54) is 12.1 Å². The molecule has 3 aromatic rings. The Morgan fingerprint density at radius 1 is 1.00 bits per heavy atom. The first-order valence-electron chi connectivity index (χ1n) is 6.53. The molecule has 0 fully saturated rings. The summed E-state index contributed by atoms with van der Waals surface area (Å²) >= 11 is 0. The van der Waals surface area contributed by atoms with Crippen LogP contribution in [0, 0.1) is 0 Å². The molecule has 21 heavy (non-hydrogen) atoms. The lowest BCUT2D eigenvalue weighted by Crippen LogP contribution is -2.15. The van der Waals surface area contributed by atoms with Crippen molar-refractivity contribution in [2.45, 2.75) is 0 Å². The highest BCUT2D eigenvalue weighted by Crippen LogP contribution is 2.38. The van der Waals surface area contributed by atoms with E-state index in [0.29, 0.717) is 36.1 Å². The summed E-state index contributed by atoms with van der Waals surface area (Å²) in [5, 5.41) is 19.8. The summed E-state index contributed by atoms with van der Waals surface area (Å²) in [4.78, 5) is 7.48. The minimum atomic E-state index is -0.0358. The number of fused-ring (bicyclic) bond motifs is 2. The highest BCUT2D eigenvalue weighted by atomic mass is 16.6. The quantitative estimate of drug-likeness (QED) is 0.638. The molecule has 1 aromatic heterocycles. The molecule has 4 rings (SSSR count). The number of aromatic amines is 1. The number of imidazole rings is 1. The summed E-state index contributed by atoms with van der Waals surface area (Å²) in [5.41, 5.74) is 1.70. The number of phenols is 2. The fourth-order valence-electron chi connectivity index (χ4n) is 2.44. The predicted molar refractivity (Wildman–Crippen MR) is 75.8 cm³/mol. The van der Waals surface area contributed by atoms with Crippen LogP contribution in [0.5, 0.6) is 23.0 Å². The molecule has 0 aliphatic carbocycles. The van der Waals surface area contributed by atoms with Crippen molar-refractivity contribution >= 4 is 11.0 Å². The summed E-state index contributed by atoms with van der Waals surface area (Å²) in [6.45, 7) is 1.02. The minimum Gasteiger partial charge on any atom is -0.507 e. The van der Waals surface area contributed by atoms with E-state index in [4.69, 9.17) is 9.47 Å². The Hall–Kier alpha value is -2.89. The Kier molecular flexibility index (Phi) is 2.44. The fourth-order valence-corrected chi connectivity index (χ4v) is 2.44. The molecule has 3 N–H and O–H groups in total. The predicted octanol–water partition coefficient (Wildman–Crippen LogP) is 2.41. The van der Waals surface area contributed by atoms with Crippen LogP contribution >= 0.6 is 0 Å². The molecule has 106 valence electrons. The molecular weight excluding hydrogens is 272 g/mol. The SMILES string of the molecule is Oc1cccc(O)c1-c1nc2cc3c(cc2[nH]1)OCCO3. The zero-order valence-corrected chi connectivity index (χ0v) is 11.0. The van der Waals surface area contributed by atoms with E-state index >= 15 is 0 Å². The number of hydrogen-bond acceptors (Lipinski definition) is 5. The van der Waals surface area contributed by atoms with Gasteiger partial charge in [-0.1, -0.05) is 6.07 Å². The van der Waals surface area contributed by atoms with E-state index in [1.807, 2.05) is 0 Å². The van der Waals surface area contributed by atoms with Crippen LogP contribution in [0.25, 0.3) is 22.4 Å². The van der Waals surface area contributed by atoms with Crippen molar-refractivity contribution in [1.29, 1.82) is 0 Å². The molecular formula is C15H12N2O4. The van der Waals surface area contributed by atoms with Gasteiger partial charge in [-0.25, -0.2) is 4.98 Å². The Balaban J connectivity index is 1.91. The maximum Gasteiger partial charge on any atom is 0.163 e. The Morgan fingerprint density at radius 3 is 2.38 bits per heavy atom. The monoisotopic (exact) mass is 284 g/mol. The van der Waals surface area contributed by atoms with Crippen LogP contribution in [-0.2, 0) is 0 Å². The highest BCUT2D eigenvalue weighted by molar-refractivity contribution is 5.85. The molecule has 2 heterocycles. The number of H-pyrrole nitrogens is 1. The molecule has 1 aliphatic rings. The maximum atomic E-state index is 9.91. The Labute approximate surface area is 119 Å². The van der Waals surface area contributed by atoms with E-state index in [9.17, 15) is 10.2 Å². The average Bonchev–Trinajstić information content (AvgIpc) is 2.86. The number of benzene rings is 2. The van der Waals surface area contributed by atoms with Gasteiger partial charge in [0.2, 0.25) is 0 Å². The smallest absolute Gasteiger partial charge is 0.163 e. The number of nitrogens with one attached hydrogen (secondary N) is 1. The normalized spacial score (nSPS) is 13.5. The average molecular weight is 284 g/mol. The van der Waals surface area contributed by atoms with Gasteiger partial charge in [-0.05, 0) is 12.1 Å². The molecule has 6 nitrogen and oxygen atoms in total. The maximum absolute atomic E-state index is 9.91. The molecule has 0 saturated carbocycles. The van der Waals surface area contributed by atoms with Gasteiger partial charge in [-0.2, -0.15) is 0 Å². The summed E-state index contributed by atoms with van der Waals surface area (Å²) in [5.74, 6) is 1.62. The third-order valence-electron chi connectivity index (χ3n) is 3.40. The van der Waals surface area contributed by atoms with Crippen LogP contribution in [0.3, 0.4) is 0 Å². The van der Waals surface area contributed by atoms with Gasteiger partial charge in [0.05, 0.1) is 11.0 Å². The number of nitrogens with zero attached hydrogens (tertiary/aromatic N) is 1. The largest absolute Gasteiger partial charge is 0.507 e. The molecule has 0 unspecified atom stereocenters. The molecule has 0 spiro atoms. The first kappa shape index (κ1) is 11.9. The van der Waals surface area contributed by atoms with Crippen LogP contribution in [-0.4, -0.2) is 33.4 Å². The van der Waals surface area contributed by atoms with Gasteiger partial charge in [0, 0.05) is 12.1 Å². The molecule has 0 atom stereocenters. The zero-order valence-electron chi connectivity index (χ0n) is 11.0. The number of aromatic nitrogens is 2. The van der Waals surface area contributed by atoms with Crippen molar-refractivity contribution in [2.24, 2.45) is 0 Å². The molecule has 1 aliphatic heterocycles. The van der Waals surface area contributed by atoms with Gasteiger partial charge < -0.3 is 24.7 Å². The van der Waals surface area contributed by atoms with Crippen molar-refractivity contribution in [3.63, 3.8) is 0 Å². The molecule has 6 heteroatoms. The van der Waals surface area contributed by atoms with E-state index in [0.717, 1.165) is 5.52 Å². The Bertz CT molecular complexity index is 778. The van der Waals surface area contributed by atoms with Crippen LogP contribution in [0.15, 0.2) is 30.3 Å². The van der Waals surface area contributed by atoms with Crippen molar-refractivity contribution < 1.29 is 19.7 Å². The first-order valence-corrected chi connectivity index (χ1v) is 6.53. The van der Waals surface area contributed by atoms with Crippen LogP contribution in [0.2, 0.25) is 0 Å². The second kappa shape index (κ2) is 4.31. The fraction of sp³-hybridized carbons (Fsp3) is 0.133. The van der Waals surface area contributed by atoms with Crippen molar-refractivity contribution in [1.82, 2.24) is 9.97 Å². The lowest BCUT2D eigenvalue weighted by atomic mass is 10.1. The molecule has 0 amide bonds. The van der Waals surface area contributed by atoms with Crippen molar-refractivity contribution in [3.05, 3.63) is 30.3 Å². The molecule has 2 aromatic carbocycles. The van der Waals surface area contributed by atoms with Gasteiger partial charge >= 0.3 is 0 Å². The summed E-state index contributed by atoms with van der Waals surface area (Å²) in [7, 11) is 0. The number of aromatic hydroxyl groups is 2. The van der Waals surface area contributed by atoms with E-state index < -0.39 is 0 Å². The van der Waals surface area contributed by atoms with E-state index in [1.54, 1.807) is 18.2 Å². The number of hydrogen-bond donors (Lipinski definition) is 3. The lowest BCUT2D eigenvalue weighted by Gasteiger charge is -2.17. The second-order valence-electron chi connectivity index (χ2n) is 4.77. The highest BCUT2D eigenvalue weighted by Gasteiger charge is 2.18. The lowest BCUT2D eigenvalue weighted by molar-refractivity contribution is 0.172. The van der Waals surface area contributed by atoms with Gasteiger partial charge in [0.25, 0.3) is 0 Å². The van der Waals surface area contributed by atoms with Crippen LogP contribution in [0.4, 0.5) is 0 Å². The van der Waals surface area contributed by atoms with E-state index in [-0.39, 0.29) is 17.1 Å². The van der Waals surface area contributed by atoms with Crippen LogP contribution in [0.1, 0.15) is 0 Å². The first-order chi connectivity index (χ1) is 10.2. The number of phenolic OH excluding ortho intramolecular Hbond substituents is 2. The molecule has 0 bridgehead atoms. The summed E-state index contributed by atoms with van der Waals surface area (Å²) < 4.78 is 11.0. The summed E-state index contributed by atoms with van der Waals surface area (Å²) in [6.07, 6.45) is 0. The van der Waals surface area contributed by atoms with Crippen molar-refractivity contribution in [3.8, 4) is 34.4 Å². The third kappa shape index (κ3) is 1.84. The van der Waals surface area contributed by atoms with Gasteiger partial charge in [-0.15, -0.1) is 0 Å². The number of rotatable bonds is 1. The molecule has 0 radical (unpaired) electrons.